The average molecular weight is 351 g/mol. The molecule has 3 rings (SSSR count). The molecule has 7 heteroatoms. The molecule has 122 valence electrons. The second kappa shape index (κ2) is 7.36. The van der Waals surface area contributed by atoms with Gasteiger partial charge in [-0.1, -0.05) is 23.4 Å². The van der Waals surface area contributed by atoms with E-state index in [2.05, 4.69) is 19.9 Å². The first-order valence-electron chi connectivity index (χ1n) is 7.57. The lowest BCUT2D eigenvalue weighted by atomic mass is 10.1. The Kier molecular flexibility index (Phi) is 5.23. The molecule has 0 unspecified atom stereocenters. The van der Waals surface area contributed by atoms with Gasteiger partial charge in [-0.05, 0) is 25.3 Å². The summed E-state index contributed by atoms with van der Waals surface area (Å²) in [5.74, 6) is 1.77. The van der Waals surface area contributed by atoms with Gasteiger partial charge in [0, 0.05) is 37.7 Å². The minimum Gasteiger partial charge on any atom is -0.489 e. The number of piperidine rings is 1. The van der Waals surface area contributed by atoms with Crippen molar-refractivity contribution < 1.29 is 4.74 Å². The maximum absolute atomic E-state index is 6.23. The molecule has 2 aromatic rings. The summed E-state index contributed by atoms with van der Waals surface area (Å²) < 4.78 is 5.99. The zero-order valence-electron chi connectivity index (χ0n) is 13.2. The Hall–Kier alpha value is -1.53. The largest absolute Gasteiger partial charge is 0.489 e. The summed E-state index contributed by atoms with van der Waals surface area (Å²) >= 11 is 7.74. The van der Waals surface area contributed by atoms with Gasteiger partial charge in [-0.3, -0.25) is 4.98 Å². The van der Waals surface area contributed by atoms with Crippen molar-refractivity contribution in [1.29, 1.82) is 0 Å². The van der Waals surface area contributed by atoms with Crippen LogP contribution in [0.1, 0.15) is 18.4 Å². The topological polar surface area (TPSA) is 51.1 Å². The SMILES string of the molecule is CSc1nc(Cl)c(C)c(N2CCC(Oc3cccnc3)CC2)n1. The van der Waals surface area contributed by atoms with Crippen molar-refractivity contribution in [1.82, 2.24) is 15.0 Å². The molecule has 0 bridgehead atoms. The van der Waals surface area contributed by atoms with Crippen LogP contribution in [0.2, 0.25) is 5.15 Å². The monoisotopic (exact) mass is 350 g/mol. The van der Waals surface area contributed by atoms with E-state index in [1.165, 1.54) is 11.8 Å². The minimum atomic E-state index is 0.216. The van der Waals surface area contributed by atoms with E-state index in [1.54, 1.807) is 12.4 Å². The molecule has 0 amide bonds. The van der Waals surface area contributed by atoms with Crippen LogP contribution < -0.4 is 9.64 Å². The number of pyridine rings is 1. The van der Waals surface area contributed by atoms with Gasteiger partial charge in [0.15, 0.2) is 5.16 Å². The predicted octanol–water partition coefficient (Wildman–Crippen LogP) is 3.60. The zero-order valence-corrected chi connectivity index (χ0v) is 14.8. The van der Waals surface area contributed by atoms with Crippen LogP contribution in [0, 0.1) is 6.92 Å². The molecule has 0 aliphatic carbocycles. The Morgan fingerprint density at radius 1 is 1.30 bits per heavy atom. The number of anilines is 1. The molecule has 0 radical (unpaired) electrons. The average Bonchev–Trinajstić information content (AvgIpc) is 2.59. The molecular weight excluding hydrogens is 332 g/mol. The van der Waals surface area contributed by atoms with Crippen molar-refractivity contribution in [3.05, 3.63) is 35.2 Å². The number of hydrogen-bond acceptors (Lipinski definition) is 6. The van der Waals surface area contributed by atoms with E-state index >= 15 is 0 Å². The summed E-state index contributed by atoms with van der Waals surface area (Å²) in [6.07, 6.45) is 7.58. The second-order valence-electron chi connectivity index (χ2n) is 5.44. The van der Waals surface area contributed by atoms with Crippen LogP contribution in [0.25, 0.3) is 0 Å². The molecular formula is C16H19ClN4OS. The lowest BCUT2D eigenvalue weighted by Gasteiger charge is -2.33. The zero-order chi connectivity index (χ0) is 16.2. The van der Waals surface area contributed by atoms with Gasteiger partial charge in [0.1, 0.15) is 22.8 Å². The van der Waals surface area contributed by atoms with Gasteiger partial charge in [-0.15, -0.1) is 0 Å². The van der Waals surface area contributed by atoms with Crippen LogP contribution in [-0.2, 0) is 0 Å². The Morgan fingerprint density at radius 2 is 2.09 bits per heavy atom. The number of halogens is 1. The quantitative estimate of drug-likeness (QED) is 0.477. The lowest BCUT2D eigenvalue weighted by Crippen LogP contribution is -2.39. The molecule has 0 spiro atoms. The van der Waals surface area contributed by atoms with Crippen LogP contribution in [0.15, 0.2) is 29.7 Å². The van der Waals surface area contributed by atoms with Gasteiger partial charge in [0.05, 0.1) is 6.20 Å². The third kappa shape index (κ3) is 3.87. The fraction of sp³-hybridized carbons (Fsp3) is 0.438. The minimum absolute atomic E-state index is 0.216. The maximum Gasteiger partial charge on any atom is 0.190 e. The van der Waals surface area contributed by atoms with Gasteiger partial charge in [-0.25, -0.2) is 9.97 Å². The van der Waals surface area contributed by atoms with E-state index in [9.17, 15) is 0 Å². The first kappa shape index (κ1) is 16.3. The number of ether oxygens (including phenoxy) is 1. The summed E-state index contributed by atoms with van der Waals surface area (Å²) in [5.41, 5.74) is 0.941. The summed E-state index contributed by atoms with van der Waals surface area (Å²) in [6, 6.07) is 3.83. The number of nitrogens with zero attached hydrogens (tertiary/aromatic N) is 4. The van der Waals surface area contributed by atoms with E-state index in [0.29, 0.717) is 10.3 Å². The molecule has 1 fully saturated rings. The first-order chi connectivity index (χ1) is 11.2. The van der Waals surface area contributed by atoms with Crippen LogP contribution in [0.4, 0.5) is 5.82 Å². The van der Waals surface area contributed by atoms with Crippen LogP contribution in [-0.4, -0.2) is 40.4 Å². The number of aromatic nitrogens is 3. The van der Waals surface area contributed by atoms with Gasteiger partial charge in [0.25, 0.3) is 0 Å². The Balaban J connectivity index is 1.66. The number of hydrogen-bond donors (Lipinski definition) is 0. The van der Waals surface area contributed by atoms with Crippen molar-refractivity contribution in [2.24, 2.45) is 0 Å². The van der Waals surface area contributed by atoms with Crippen LogP contribution in [0.3, 0.4) is 0 Å². The van der Waals surface area contributed by atoms with E-state index in [-0.39, 0.29) is 6.10 Å². The predicted molar refractivity (Wildman–Crippen MR) is 93.7 cm³/mol. The van der Waals surface area contributed by atoms with Gasteiger partial charge < -0.3 is 9.64 Å². The Bertz CT molecular complexity index is 663. The first-order valence-corrected chi connectivity index (χ1v) is 9.17. The highest BCUT2D eigenvalue weighted by Gasteiger charge is 2.24. The standard InChI is InChI=1S/C16H19ClN4OS/c1-11-14(17)19-16(23-2)20-15(11)21-8-5-12(6-9-21)22-13-4-3-7-18-10-13/h3-4,7,10,12H,5-6,8-9H2,1-2H3. The van der Waals surface area contributed by atoms with Gasteiger partial charge in [-0.2, -0.15) is 0 Å². The van der Waals surface area contributed by atoms with E-state index < -0.39 is 0 Å². The molecule has 1 aliphatic rings. The molecule has 0 N–H and O–H groups in total. The second-order valence-corrected chi connectivity index (χ2v) is 6.57. The molecule has 1 saturated heterocycles. The van der Waals surface area contributed by atoms with E-state index in [1.807, 2.05) is 25.3 Å². The molecule has 0 aromatic carbocycles. The van der Waals surface area contributed by atoms with E-state index in [4.69, 9.17) is 16.3 Å². The van der Waals surface area contributed by atoms with Crippen molar-refractivity contribution >= 4 is 29.2 Å². The van der Waals surface area contributed by atoms with Crippen molar-refractivity contribution in [2.45, 2.75) is 31.0 Å². The summed E-state index contributed by atoms with van der Waals surface area (Å²) in [7, 11) is 0. The smallest absolute Gasteiger partial charge is 0.190 e. The highest BCUT2D eigenvalue weighted by atomic mass is 35.5. The van der Waals surface area contributed by atoms with Gasteiger partial charge in [0.2, 0.25) is 0 Å². The Labute approximate surface area is 145 Å². The fourth-order valence-corrected chi connectivity index (χ4v) is 3.23. The normalized spacial score (nSPS) is 15.7. The highest BCUT2D eigenvalue weighted by molar-refractivity contribution is 7.98. The fourth-order valence-electron chi connectivity index (χ4n) is 2.65. The maximum atomic E-state index is 6.23. The molecule has 3 heterocycles. The summed E-state index contributed by atoms with van der Waals surface area (Å²) in [4.78, 5) is 15.3. The van der Waals surface area contributed by atoms with Crippen LogP contribution >= 0.6 is 23.4 Å². The number of rotatable bonds is 4. The summed E-state index contributed by atoms with van der Waals surface area (Å²) in [6.45, 7) is 3.76. The number of thioether (sulfide) groups is 1. The van der Waals surface area contributed by atoms with Crippen molar-refractivity contribution in [3.8, 4) is 5.75 Å². The molecule has 2 aromatic heterocycles. The van der Waals surface area contributed by atoms with Crippen LogP contribution in [0.5, 0.6) is 5.75 Å². The van der Waals surface area contributed by atoms with E-state index in [0.717, 1.165) is 43.1 Å². The summed E-state index contributed by atoms with van der Waals surface area (Å²) in [5, 5.41) is 1.25. The molecule has 0 atom stereocenters. The molecule has 23 heavy (non-hydrogen) atoms. The third-order valence-corrected chi connectivity index (χ3v) is 4.82. The molecule has 1 aliphatic heterocycles. The highest BCUT2D eigenvalue weighted by Crippen LogP contribution is 2.29. The lowest BCUT2D eigenvalue weighted by molar-refractivity contribution is 0.170. The van der Waals surface area contributed by atoms with Crippen molar-refractivity contribution in [3.63, 3.8) is 0 Å². The molecule has 5 nitrogen and oxygen atoms in total. The third-order valence-electron chi connectivity index (χ3n) is 3.90. The van der Waals surface area contributed by atoms with Gasteiger partial charge >= 0.3 is 0 Å². The van der Waals surface area contributed by atoms with Crippen molar-refractivity contribution in [2.75, 3.05) is 24.2 Å². The Morgan fingerprint density at radius 3 is 2.74 bits per heavy atom. The molecule has 0 saturated carbocycles.